The first kappa shape index (κ1) is 15.8. The highest BCUT2D eigenvalue weighted by molar-refractivity contribution is 9.10. The van der Waals surface area contributed by atoms with E-state index in [1.165, 1.54) is 0 Å². The van der Waals surface area contributed by atoms with Gasteiger partial charge in [-0.1, -0.05) is 11.6 Å². The molecule has 1 aliphatic rings. The Morgan fingerprint density at radius 1 is 1.39 bits per heavy atom. The molecule has 0 radical (unpaired) electrons. The molecule has 0 saturated carbocycles. The molecule has 0 unspecified atom stereocenters. The molecule has 1 aromatic rings. The highest BCUT2D eigenvalue weighted by Crippen LogP contribution is 2.26. The number of piperidine rings is 1. The minimum Gasteiger partial charge on any atom is -0.326 e. The van der Waals surface area contributed by atoms with Crippen molar-refractivity contribution in [3.8, 4) is 0 Å². The van der Waals surface area contributed by atoms with Gasteiger partial charge in [-0.2, -0.15) is 0 Å². The molecule has 0 aromatic heterocycles. The molecule has 1 aromatic carbocycles. The zero-order valence-electron chi connectivity index (χ0n) is 9.71. The fourth-order valence-electron chi connectivity index (χ4n) is 1.90. The third-order valence-electron chi connectivity index (χ3n) is 2.90. The molecule has 1 heterocycles. The van der Waals surface area contributed by atoms with Crippen LogP contribution in [-0.4, -0.2) is 19.0 Å². The number of carbonyl (C=O) groups excluding carboxylic acids is 1. The Morgan fingerprint density at radius 3 is 2.67 bits per heavy atom. The van der Waals surface area contributed by atoms with Crippen molar-refractivity contribution in [1.82, 2.24) is 5.32 Å². The second kappa shape index (κ2) is 7.34. The van der Waals surface area contributed by atoms with E-state index in [1.54, 1.807) is 6.07 Å². The Balaban J connectivity index is 0.00000162. The monoisotopic (exact) mass is 352 g/mol. The summed E-state index contributed by atoms with van der Waals surface area (Å²) in [5, 5.41) is 6.81. The number of hydrogen-bond donors (Lipinski definition) is 2. The van der Waals surface area contributed by atoms with Crippen molar-refractivity contribution in [2.24, 2.45) is 5.92 Å². The molecule has 2 rings (SSSR count). The third-order valence-corrected chi connectivity index (χ3v) is 4.11. The molecule has 100 valence electrons. The van der Waals surface area contributed by atoms with Crippen LogP contribution in [0.15, 0.2) is 22.7 Å². The maximum absolute atomic E-state index is 12.0. The summed E-state index contributed by atoms with van der Waals surface area (Å²) in [6, 6.07) is 5.40. The summed E-state index contributed by atoms with van der Waals surface area (Å²) in [6.07, 6.45) is 1.81. The Morgan fingerprint density at radius 2 is 2.06 bits per heavy atom. The van der Waals surface area contributed by atoms with Gasteiger partial charge < -0.3 is 10.6 Å². The van der Waals surface area contributed by atoms with Crippen LogP contribution in [0.1, 0.15) is 12.8 Å². The lowest BCUT2D eigenvalue weighted by Crippen LogP contribution is -2.34. The van der Waals surface area contributed by atoms with Gasteiger partial charge in [-0.25, -0.2) is 0 Å². The highest BCUT2D eigenvalue weighted by atomic mass is 79.9. The molecular weight excluding hydrogens is 339 g/mol. The number of anilines is 1. The summed E-state index contributed by atoms with van der Waals surface area (Å²) in [7, 11) is 0. The number of hydrogen-bond acceptors (Lipinski definition) is 2. The number of amides is 1. The fourth-order valence-corrected chi connectivity index (χ4v) is 2.40. The van der Waals surface area contributed by atoms with E-state index in [0.717, 1.165) is 36.1 Å². The zero-order chi connectivity index (χ0) is 12.3. The van der Waals surface area contributed by atoms with Crippen molar-refractivity contribution in [2.45, 2.75) is 12.8 Å². The highest BCUT2D eigenvalue weighted by Gasteiger charge is 2.20. The lowest BCUT2D eigenvalue weighted by Gasteiger charge is -2.21. The van der Waals surface area contributed by atoms with Crippen LogP contribution in [0.5, 0.6) is 0 Å². The van der Waals surface area contributed by atoms with Crippen molar-refractivity contribution < 1.29 is 4.79 Å². The van der Waals surface area contributed by atoms with Crippen molar-refractivity contribution in [2.75, 3.05) is 18.4 Å². The normalized spacial score (nSPS) is 15.9. The molecule has 3 nitrogen and oxygen atoms in total. The van der Waals surface area contributed by atoms with E-state index in [2.05, 4.69) is 26.6 Å². The summed E-state index contributed by atoms with van der Waals surface area (Å²) >= 11 is 9.24. The van der Waals surface area contributed by atoms with E-state index in [1.807, 2.05) is 12.1 Å². The van der Waals surface area contributed by atoms with E-state index in [9.17, 15) is 4.79 Å². The molecule has 1 fully saturated rings. The van der Waals surface area contributed by atoms with Crippen LogP contribution in [0.3, 0.4) is 0 Å². The lowest BCUT2D eigenvalue weighted by molar-refractivity contribution is -0.120. The predicted molar refractivity (Wildman–Crippen MR) is 80.6 cm³/mol. The second-order valence-electron chi connectivity index (χ2n) is 4.14. The topological polar surface area (TPSA) is 41.1 Å². The summed E-state index contributed by atoms with van der Waals surface area (Å²) in [4.78, 5) is 12.0. The SMILES string of the molecule is Cl.O=C(Nc1ccc(Cl)c(Br)c1)C1CCNCC1. The van der Waals surface area contributed by atoms with Gasteiger partial charge in [0.15, 0.2) is 0 Å². The number of halogens is 3. The van der Waals surface area contributed by atoms with E-state index in [-0.39, 0.29) is 24.2 Å². The number of nitrogens with one attached hydrogen (secondary N) is 2. The van der Waals surface area contributed by atoms with Gasteiger partial charge in [0.2, 0.25) is 5.91 Å². The first-order valence-corrected chi connectivity index (χ1v) is 6.80. The van der Waals surface area contributed by atoms with Gasteiger partial charge in [-0.15, -0.1) is 12.4 Å². The Labute approximate surface area is 126 Å². The largest absolute Gasteiger partial charge is 0.326 e. The van der Waals surface area contributed by atoms with Crippen molar-refractivity contribution in [1.29, 1.82) is 0 Å². The summed E-state index contributed by atoms with van der Waals surface area (Å²) in [5.41, 5.74) is 0.782. The molecule has 1 amide bonds. The summed E-state index contributed by atoms with van der Waals surface area (Å²) < 4.78 is 0.794. The first-order chi connectivity index (χ1) is 8.16. The molecule has 0 bridgehead atoms. The average Bonchev–Trinajstić information content (AvgIpc) is 2.35. The standard InChI is InChI=1S/C12H14BrClN2O.ClH/c13-10-7-9(1-2-11(10)14)16-12(17)8-3-5-15-6-4-8;/h1-2,7-8,15H,3-6H2,(H,16,17);1H. The van der Waals surface area contributed by atoms with Gasteiger partial charge in [0.05, 0.1) is 5.02 Å². The Bertz CT molecular complexity index is 423. The molecule has 0 atom stereocenters. The minimum atomic E-state index is 0. The Kier molecular flexibility index (Phi) is 6.43. The van der Waals surface area contributed by atoms with Crippen LogP contribution in [0, 0.1) is 5.92 Å². The molecule has 2 N–H and O–H groups in total. The number of carbonyl (C=O) groups is 1. The molecule has 6 heteroatoms. The van der Waals surface area contributed by atoms with Crippen molar-refractivity contribution in [3.05, 3.63) is 27.7 Å². The quantitative estimate of drug-likeness (QED) is 0.854. The molecule has 1 aliphatic heterocycles. The molecular formula is C12H15BrCl2N2O. The maximum atomic E-state index is 12.0. The van der Waals surface area contributed by atoms with Gasteiger partial charge in [0, 0.05) is 16.1 Å². The maximum Gasteiger partial charge on any atom is 0.227 e. The van der Waals surface area contributed by atoms with E-state index in [0.29, 0.717) is 5.02 Å². The number of benzene rings is 1. The summed E-state index contributed by atoms with van der Waals surface area (Å²) in [6.45, 7) is 1.84. The van der Waals surface area contributed by atoms with Gasteiger partial charge >= 0.3 is 0 Å². The van der Waals surface area contributed by atoms with E-state index in [4.69, 9.17) is 11.6 Å². The van der Waals surface area contributed by atoms with Gasteiger partial charge in [-0.3, -0.25) is 4.79 Å². The zero-order valence-corrected chi connectivity index (χ0v) is 12.9. The smallest absolute Gasteiger partial charge is 0.227 e. The molecule has 0 aliphatic carbocycles. The van der Waals surface area contributed by atoms with Crippen LogP contribution in [0.25, 0.3) is 0 Å². The lowest BCUT2D eigenvalue weighted by atomic mass is 9.97. The second-order valence-corrected chi connectivity index (χ2v) is 5.40. The molecule has 0 spiro atoms. The van der Waals surface area contributed by atoms with Crippen molar-refractivity contribution >= 4 is 51.5 Å². The van der Waals surface area contributed by atoms with Gasteiger partial charge in [0.25, 0.3) is 0 Å². The fraction of sp³-hybridized carbons (Fsp3) is 0.417. The van der Waals surface area contributed by atoms with Crippen molar-refractivity contribution in [3.63, 3.8) is 0 Å². The van der Waals surface area contributed by atoms with Crippen LogP contribution < -0.4 is 10.6 Å². The first-order valence-electron chi connectivity index (χ1n) is 5.63. The summed E-state index contributed by atoms with van der Waals surface area (Å²) in [5.74, 6) is 0.214. The Hall–Kier alpha value is -0.290. The van der Waals surface area contributed by atoms with Gasteiger partial charge in [0.1, 0.15) is 0 Å². The average molecular weight is 354 g/mol. The number of rotatable bonds is 2. The molecule has 18 heavy (non-hydrogen) atoms. The molecule has 1 saturated heterocycles. The van der Waals surface area contributed by atoms with Crippen LogP contribution in [-0.2, 0) is 4.79 Å². The van der Waals surface area contributed by atoms with Gasteiger partial charge in [-0.05, 0) is 60.1 Å². The van der Waals surface area contributed by atoms with Crippen LogP contribution in [0.2, 0.25) is 5.02 Å². The third kappa shape index (κ3) is 4.12. The van der Waals surface area contributed by atoms with Crippen LogP contribution in [0.4, 0.5) is 5.69 Å². The van der Waals surface area contributed by atoms with Crippen LogP contribution >= 0.6 is 39.9 Å². The minimum absolute atomic E-state index is 0. The van der Waals surface area contributed by atoms with E-state index >= 15 is 0 Å². The van der Waals surface area contributed by atoms with E-state index < -0.39 is 0 Å². The predicted octanol–water partition coefficient (Wildman–Crippen LogP) is 3.46.